The Bertz CT molecular complexity index is 2480. The molecule has 5 fully saturated rings. The Morgan fingerprint density at radius 3 is 2.18 bits per heavy atom. The summed E-state index contributed by atoms with van der Waals surface area (Å²) in [6.07, 6.45) is 5.89. The van der Waals surface area contributed by atoms with Crippen LogP contribution in [-0.2, 0) is 14.2 Å². The standard InChI is InChI=1S/C53H70FN5O6Si/c1-33(2)66(34(3)4,35(5)6)23-20-36-12-11-13-37-24-42(64-32-61-10)25-45(46(36)37)43-18-19-44-48(47(43)54)55-50(63-31-53(21-22-53)30-58-40-16-17-41(58)29-62-28-40)56-49(44)57-26-38-14-15-39(27-57)59(38)51(60)65-52(7,8)9/h11-13,18-19,24-25,33-35,38-41H,14-17,21-22,26-32H2,1-10H3. The highest BCUT2D eigenvalue weighted by molar-refractivity contribution is 6.90. The van der Waals surface area contributed by atoms with E-state index in [1.54, 1.807) is 7.11 Å². The van der Waals surface area contributed by atoms with Crippen LogP contribution in [-0.4, -0.2) is 117 Å². The third-order valence-electron chi connectivity index (χ3n) is 15.4. The molecular weight excluding hydrogens is 850 g/mol. The fourth-order valence-corrected chi connectivity index (χ4v) is 17.2. The monoisotopic (exact) mass is 920 g/mol. The number of benzene rings is 3. The normalized spacial score (nSPS) is 22.7. The fraction of sp³-hybridized carbons (Fsp3) is 0.604. The van der Waals surface area contributed by atoms with Crippen molar-refractivity contribution in [3.63, 3.8) is 0 Å². The second-order valence-electron chi connectivity index (χ2n) is 21.8. The molecule has 4 atom stereocenters. The summed E-state index contributed by atoms with van der Waals surface area (Å²) >= 11 is 0. The van der Waals surface area contributed by atoms with Crippen molar-refractivity contribution in [3.05, 3.63) is 53.8 Å². The molecule has 4 saturated heterocycles. The molecule has 5 heterocycles. The topological polar surface area (TPSA) is 98.7 Å². The lowest BCUT2D eigenvalue weighted by Gasteiger charge is -2.42. The maximum Gasteiger partial charge on any atom is 0.410 e. The van der Waals surface area contributed by atoms with E-state index in [-0.39, 0.29) is 41.9 Å². The molecule has 11 nitrogen and oxygen atoms in total. The van der Waals surface area contributed by atoms with E-state index < -0.39 is 19.5 Å². The Labute approximate surface area is 392 Å². The van der Waals surface area contributed by atoms with Crippen molar-refractivity contribution in [2.24, 2.45) is 5.41 Å². The van der Waals surface area contributed by atoms with Crippen molar-refractivity contribution in [1.29, 1.82) is 0 Å². The Hall–Kier alpha value is -4.48. The predicted molar refractivity (Wildman–Crippen MR) is 261 cm³/mol. The van der Waals surface area contributed by atoms with Gasteiger partial charge in [0.05, 0.1) is 31.9 Å². The Kier molecular flexibility index (Phi) is 12.9. The number of hydrogen-bond acceptors (Lipinski definition) is 10. The van der Waals surface area contributed by atoms with Gasteiger partial charge in [0.25, 0.3) is 0 Å². The molecule has 1 aliphatic carbocycles. The smallest absolute Gasteiger partial charge is 0.410 e. The third kappa shape index (κ3) is 8.88. The number of carbonyl (C=O) groups is 1. The van der Waals surface area contributed by atoms with E-state index in [0.717, 1.165) is 61.8 Å². The van der Waals surface area contributed by atoms with Crippen LogP contribution in [0.2, 0.25) is 16.6 Å². The molecular formula is C53H70FN5O6Si. The van der Waals surface area contributed by atoms with Gasteiger partial charge in [0.2, 0.25) is 0 Å². The zero-order chi connectivity index (χ0) is 46.7. The van der Waals surface area contributed by atoms with Crippen LogP contribution in [0.3, 0.4) is 0 Å². The zero-order valence-electron chi connectivity index (χ0n) is 40.8. The van der Waals surface area contributed by atoms with E-state index in [4.69, 9.17) is 33.7 Å². The second-order valence-corrected chi connectivity index (χ2v) is 27.4. The van der Waals surface area contributed by atoms with Crippen molar-refractivity contribution < 1.29 is 32.9 Å². The first kappa shape index (κ1) is 46.6. The quantitative estimate of drug-likeness (QED) is 0.0732. The van der Waals surface area contributed by atoms with E-state index in [1.807, 2.05) is 62.1 Å². The summed E-state index contributed by atoms with van der Waals surface area (Å²) in [6, 6.07) is 14.7. The van der Waals surface area contributed by atoms with Crippen LogP contribution in [0.5, 0.6) is 11.8 Å². The lowest BCUT2D eigenvalue weighted by atomic mass is 9.93. The number of rotatable bonds is 13. The van der Waals surface area contributed by atoms with Gasteiger partial charge in [0.15, 0.2) is 12.6 Å². The van der Waals surface area contributed by atoms with Gasteiger partial charge in [-0.25, -0.2) is 9.18 Å². The summed E-state index contributed by atoms with van der Waals surface area (Å²) in [4.78, 5) is 30.3. The minimum absolute atomic E-state index is 0.00461. The Balaban J connectivity index is 1.15. The molecule has 0 radical (unpaired) electrons. The summed E-state index contributed by atoms with van der Waals surface area (Å²) in [5.41, 5.74) is 6.78. The molecule has 13 heteroatoms. The molecule has 4 bridgehead atoms. The molecule has 354 valence electrons. The molecule has 9 rings (SSSR count). The fourth-order valence-electron chi connectivity index (χ4n) is 12.0. The molecule has 0 spiro atoms. The first-order valence-electron chi connectivity index (χ1n) is 24.5. The van der Waals surface area contributed by atoms with Gasteiger partial charge in [-0.1, -0.05) is 65.7 Å². The first-order chi connectivity index (χ1) is 31.5. The highest BCUT2D eigenvalue weighted by Crippen LogP contribution is 2.49. The number of hydrogen-bond donors (Lipinski definition) is 0. The van der Waals surface area contributed by atoms with E-state index in [9.17, 15) is 4.79 Å². The molecule has 1 aromatic heterocycles. The molecule has 4 aromatic rings. The Morgan fingerprint density at radius 2 is 1.56 bits per heavy atom. The van der Waals surface area contributed by atoms with Gasteiger partial charge >= 0.3 is 12.1 Å². The zero-order valence-corrected chi connectivity index (χ0v) is 41.8. The van der Waals surface area contributed by atoms with Gasteiger partial charge in [-0.2, -0.15) is 9.97 Å². The van der Waals surface area contributed by atoms with E-state index >= 15 is 4.39 Å². The van der Waals surface area contributed by atoms with Crippen LogP contribution in [0.15, 0.2) is 42.5 Å². The molecule has 4 unspecified atom stereocenters. The molecule has 1 saturated carbocycles. The molecule has 4 aliphatic heterocycles. The van der Waals surface area contributed by atoms with Gasteiger partial charge in [0, 0.05) is 66.1 Å². The van der Waals surface area contributed by atoms with Crippen molar-refractivity contribution >= 4 is 41.7 Å². The second kappa shape index (κ2) is 18.2. The molecule has 66 heavy (non-hydrogen) atoms. The summed E-state index contributed by atoms with van der Waals surface area (Å²) in [5.74, 6) is 4.41. The average Bonchev–Trinajstić information content (AvgIpc) is 3.94. The maximum absolute atomic E-state index is 18.1. The average molecular weight is 920 g/mol. The van der Waals surface area contributed by atoms with Crippen molar-refractivity contribution in [2.75, 3.05) is 58.3 Å². The van der Waals surface area contributed by atoms with Gasteiger partial charge in [0.1, 0.15) is 30.8 Å². The lowest BCUT2D eigenvalue weighted by Crippen LogP contribution is -2.57. The molecule has 3 aromatic carbocycles. The number of amides is 1. The number of aromatic nitrogens is 2. The minimum Gasteiger partial charge on any atom is -0.468 e. The predicted octanol–water partition coefficient (Wildman–Crippen LogP) is 10.8. The number of ether oxygens (including phenoxy) is 5. The number of fused-ring (bicyclic) bond motifs is 6. The van der Waals surface area contributed by atoms with Crippen molar-refractivity contribution in [3.8, 4) is 34.4 Å². The SMILES string of the molecule is COCOc1cc(-c2ccc3c(N4CC5CCC(C4)N5C(=O)OC(C)(C)C)nc(OCC4(CN5C6CCC5COC6)CC4)nc3c2F)c2c(C#C[Si](C(C)C)(C(C)C)C(C)C)cccc2c1. The van der Waals surface area contributed by atoms with Gasteiger partial charge in [-0.3, -0.25) is 9.80 Å². The number of morpholine rings is 1. The molecule has 0 N–H and O–H groups in total. The number of carbonyl (C=O) groups excluding carboxylic acids is 1. The highest BCUT2D eigenvalue weighted by Gasteiger charge is 2.50. The highest BCUT2D eigenvalue weighted by atomic mass is 28.3. The first-order valence-corrected chi connectivity index (χ1v) is 26.7. The number of halogens is 1. The summed E-state index contributed by atoms with van der Waals surface area (Å²) in [7, 11) is -0.521. The van der Waals surface area contributed by atoms with Crippen LogP contribution in [0.1, 0.15) is 106 Å². The van der Waals surface area contributed by atoms with E-state index in [1.165, 1.54) is 12.8 Å². The third-order valence-corrected chi connectivity index (χ3v) is 21.7. The van der Waals surface area contributed by atoms with Crippen LogP contribution in [0.25, 0.3) is 32.8 Å². The van der Waals surface area contributed by atoms with Crippen LogP contribution in [0.4, 0.5) is 15.0 Å². The number of anilines is 1. The van der Waals surface area contributed by atoms with Crippen LogP contribution >= 0.6 is 0 Å². The summed E-state index contributed by atoms with van der Waals surface area (Å²) in [6.45, 7) is 23.7. The maximum atomic E-state index is 18.1. The lowest BCUT2D eigenvalue weighted by molar-refractivity contribution is -0.0271. The van der Waals surface area contributed by atoms with Gasteiger partial charge in [-0.15, -0.1) is 5.54 Å². The van der Waals surface area contributed by atoms with Crippen LogP contribution in [0, 0.1) is 22.7 Å². The van der Waals surface area contributed by atoms with Crippen LogP contribution < -0.4 is 14.4 Å². The molecule has 5 aliphatic rings. The summed E-state index contributed by atoms with van der Waals surface area (Å²) in [5, 5.41) is 2.35. The minimum atomic E-state index is -2.11. The number of nitrogens with zero attached hydrogens (tertiary/aromatic N) is 5. The molecule has 1 amide bonds. The van der Waals surface area contributed by atoms with Gasteiger partial charge < -0.3 is 28.6 Å². The number of piperazine rings is 1. The van der Waals surface area contributed by atoms with Crippen molar-refractivity contribution in [1.82, 2.24) is 19.8 Å². The Morgan fingerprint density at radius 1 is 0.894 bits per heavy atom. The number of methoxy groups -OCH3 is 1. The van der Waals surface area contributed by atoms with E-state index in [0.29, 0.717) is 76.5 Å². The van der Waals surface area contributed by atoms with Gasteiger partial charge in [-0.05, 0) is 111 Å². The van der Waals surface area contributed by atoms with Crippen molar-refractivity contribution in [2.45, 2.75) is 147 Å². The summed E-state index contributed by atoms with van der Waals surface area (Å²) < 4.78 is 47.9. The van der Waals surface area contributed by atoms with E-state index in [2.05, 4.69) is 68.9 Å². The largest absolute Gasteiger partial charge is 0.468 e.